The number of hydrogen-bond acceptors (Lipinski definition) is 5. The van der Waals surface area contributed by atoms with Crippen molar-refractivity contribution in [3.8, 4) is 0 Å². The average molecular weight is 369 g/mol. The van der Waals surface area contributed by atoms with Crippen LogP contribution < -0.4 is 5.56 Å². The van der Waals surface area contributed by atoms with Crippen LogP contribution in [-0.2, 0) is 11.3 Å². The fraction of sp³-hybridized carbons (Fsp3) is 0.133. The maximum absolute atomic E-state index is 12.0. The molecule has 0 aliphatic rings. The fourth-order valence-corrected chi connectivity index (χ4v) is 3.49. The topological polar surface area (TPSA) is 60.7 Å². The second-order valence-corrected chi connectivity index (χ2v) is 6.52. The Hall–Kier alpha value is -1.89. The normalized spacial score (nSPS) is 10.9. The van der Waals surface area contributed by atoms with E-state index >= 15 is 0 Å². The predicted molar refractivity (Wildman–Crippen MR) is 89.7 cm³/mol. The Morgan fingerprint density at radius 3 is 2.65 bits per heavy atom. The number of carbonyl (C=O) groups excluding carboxylic acids is 1. The lowest BCUT2D eigenvalue weighted by Crippen LogP contribution is -2.16. The second kappa shape index (κ2) is 6.31. The third-order valence-electron chi connectivity index (χ3n) is 3.08. The summed E-state index contributed by atoms with van der Waals surface area (Å²) in [5, 5.41) is 2.53. The summed E-state index contributed by atoms with van der Waals surface area (Å²) in [6.07, 6.45) is 0. The molecule has 1 aromatic carbocycles. The molecule has 5 nitrogen and oxygen atoms in total. The summed E-state index contributed by atoms with van der Waals surface area (Å²) in [5.41, 5.74) is 1.25. The summed E-state index contributed by atoms with van der Waals surface area (Å²) in [4.78, 5) is 28.9. The van der Waals surface area contributed by atoms with E-state index in [0.29, 0.717) is 20.7 Å². The van der Waals surface area contributed by atoms with E-state index in [-0.39, 0.29) is 17.7 Å². The van der Waals surface area contributed by atoms with Gasteiger partial charge in [-0.2, -0.15) is 0 Å². The van der Waals surface area contributed by atoms with Crippen LogP contribution in [0.25, 0.3) is 4.96 Å². The van der Waals surface area contributed by atoms with Gasteiger partial charge in [-0.05, 0) is 25.1 Å². The highest BCUT2D eigenvalue weighted by molar-refractivity contribution is 7.15. The smallest absolute Gasteiger partial charge is 0.338 e. The van der Waals surface area contributed by atoms with E-state index in [1.54, 1.807) is 0 Å². The van der Waals surface area contributed by atoms with E-state index in [1.165, 1.54) is 40.0 Å². The van der Waals surface area contributed by atoms with E-state index in [0.717, 1.165) is 5.69 Å². The number of aryl methyl sites for hydroxylation is 1. The van der Waals surface area contributed by atoms with Crippen molar-refractivity contribution in [2.75, 3.05) is 0 Å². The lowest BCUT2D eigenvalue weighted by molar-refractivity contribution is 0.0468. The number of carbonyl (C=O) groups is 1. The SMILES string of the molecule is Cc1csc2nc(COC(=O)c3cc(Cl)cc(Cl)c3)cc(=O)n12. The summed E-state index contributed by atoms with van der Waals surface area (Å²) in [6, 6.07) is 5.80. The lowest BCUT2D eigenvalue weighted by atomic mass is 10.2. The van der Waals surface area contributed by atoms with Crippen LogP contribution in [0, 0.1) is 6.92 Å². The van der Waals surface area contributed by atoms with Crippen molar-refractivity contribution >= 4 is 45.5 Å². The Kier molecular flexibility index (Phi) is 4.39. The Bertz CT molecular complexity index is 945. The molecule has 23 heavy (non-hydrogen) atoms. The molecule has 3 aromatic rings. The van der Waals surface area contributed by atoms with Crippen LogP contribution in [0.5, 0.6) is 0 Å². The van der Waals surface area contributed by atoms with Gasteiger partial charge in [0.2, 0.25) is 0 Å². The van der Waals surface area contributed by atoms with E-state index in [2.05, 4.69) is 4.98 Å². The first-order valence-electron chi connectivity index (χ1n) is 6.54. The van der Waals surface area contributed by atoms with Crippen molar-refractivity contribution in [3.63, 3.8) is 0 Å². The number of fused-ring (bicyclic) bond motifs is 1. The highest BCUT2D eigenvalue weighted by Gasteiger charge is 2.12. The highest BCUT2D eigenvalue weighted by Crippen LogP contribution is 2.20. The quantitative estimate of drug-likeness (QED) is 0.660. The minimum atomic E-state index is -0.584. The lowest BCUT2D eigenvalue weighted by Gasteiger charge is -2.06. The van der Waals surface area contributed by atoms with E-state index in [4.69, 9.17) is 27.9 Å². The van der Waals surface area contributed by atoms with Gasteiger partial charge in [-0.25, -0.2) is 9.78 Å². The summed E-state index contributed by atoms with van der Waals surface area (Å²) in [5.74, 6) is -0.584. The number of halogens is 2. The highest BCUT2D eigenvalue weighted by atomic mass is 35.5. The van der Waals surface area contributed by atoms with Gasteiger partial charge >= 0.3 is 5.97 Å². The molecule has 2 heterocycles. The number of aromatic nitrogens is 2. The van der Waals surface area contributed by atoms with Gasteiger partial charge in [-0.3, -0.25) is 9.20 Å². The van der Waals surface area contributed by atoms with Crippen molar-refractivity contribution < 1.29 is 9.53 Å². The Morgan fingerprint density at radius 2 is 1.96 bits per heavy atom. The molecule has 0 aliphatic carbocycles. The van der Waals surface area contributed by atoms with Crippen molar-refractivity contribution in [2.24, 2.45) is 0 Å². The van der Waals surface area contributed by atoms with Crippen molar-refractivity contribution in [3.05, 3.63) is 67.0 Å². The third kappa shape index (κ3) is 3.39. The number of hydrogen-bond donors (Lipinski definition) is 0. The van der Waals surface area contributed by atoms with Gasteiger partial charge in [0.15, 0.2) is 4.96 Å². The van der Waals surface area contributed by atoms with Crippen molar-refractivity contribution in [2.45, 2.75) is 13.5 Å². The molecular weight excluding hydrogens is 359 g/mol. The molecule has 0 radical (unpaired) electrons. The number of thiazole rings is 1. The van der Waals surface area contributed by atoms with Crippen LogP contribution in [0.3, 0.4) is 0 Å². The van der Waals surface area contributed by atoms with E-state index in [1.807, 2.05) is 12.3 Å². The standard InChI is InChI=1S/C15H10Cl2N2O3S/c1-8-7-23-15-18-12(5-13(20)19(8)15)6-22-14(21)9-2-10(16)4-11(17)3-9/h2-5,7H,6H2,1H3. The van der Waals surface area contributed by atoms with Gasteiger partial charge in [-0.1, -0.05) is 23.2 Å². The minimum absolute atomic E-state index is 0.106. The summed E-state index contributed by atoms with van der Waals surface area (Å²) in [6.45, 7) is 1.72. The van der Waals surface area contributed by atoms with E-state index < -0.39 is 5.97 Å². The maximum Gasteiger partial charge on any atom is 0.338 e. The zero-order valence-corrected chi connectivity index (χ0v) is 14.2. The second-order valence-electron chi connectivity index (χ2n) is 4.82. The van der Waals surface area contributed by atoms with Gasteiger partial charge in [0.05, 0.1) is 11.3 Å². The Labute approximate surface area is 145 Å². The third-order valence-corrected chi connectivity index (χ3v) is 4.46. The number of ether oxygens (including phenoxy) is 1. The summed E-state index contributed by atoms with van der Waals surface area (Å²) >= 11 is 13.1. The van der Waals surface area contributed by atoms with Gasteiger partial charge in [0.1, 0.15) is 6.61 Å². The molecule has 0 saturated carbocycles. The zero-order chi connectivity index (χ0) is 16.6. The molecule has 0 amide bonds. The molecule has 0 fully saturated rings. The number of esters is 1. The van der Waals surface area contributed by atoms with Crippen LogP contribution in [0.1, 0.15) is 21.7 Å². The summed E-state index contributed by atoms with van der Waals surface area (Å²) < 4.78 is 6.68. The largest absolute Gasteiger partial charge is 0.456 e. The minimum Gasteiger partial charge on any atom is -0.456 e. The molecule has 0 aliphatic heterocycles. The first-order valence-corrected chi connectivity index (χ1v) is 8.17. The first kappa shape index (κ1) is 16.0. The predicted octanol–water partition coefficient (Wildman–Crippen LogP) is 3.73. The number of nitrogens with zero attached hydrogens (tertiary/aromatic N) is 2. The molecule has 118 valence electrons. The van der Waals surface area contributed by atoms with Crippen LogP contribution in [-0.4, -0.2) is 15.4 Å². The molecule has 0 saturated heterocycles. The van der Waals surface area contributed by atoms with Crippen LogP contribution >= 0.6 is 34.5 Å². The number of rotatable bonds is 3. The maximum atomic E-state index is 12.0. The van der Waals surface area contributed by atoms with Gasteiger partial charge in [0.25, 0.3) is 5.56 Å². The average Bonchev–Trinajstić information content (AvgIpc) is 2.85. The summed E-state index contributed by atoms with van der Waals surface area (Å²) in [7, 11) is 0. The molecular formula is C15H10Cl2N2O3S. The zero-order valence-electron chi connectivity index (χ0n) is 11.9. The van der Waals surface area contributed by atoms with Crippen molar-refractivity contribution in [1.29, 1.82) is 0 Å². The Morgan fingerprint density at radius 1 is 1.26 bits per heavy atom. The van der Waals surface area contributed by atoms with Gasteiger partial charge < -0.3 is 4.74 Å². The van der Waals surface area contributed by atoms with Gasteiger partial charge in [0, 0.05) is 27.2 Å². The van der Waals surface area contributed by atoms with Gasteiger partial charge in [-0.15, -0.1) is 11.3 Å². The molecule has 0 atom stereocenters. The molecule has 8 heteroatoms. The monoisotopic (exact) mass is 368 g/mol. The molecule has 0 unspecified atom stereocenters. The van der Waals surface area contributed by atoms with Crippen molar-refractivity contribution in [1.82, 2.24) is 9.38 Å². The molecule has 0 bridgehead atoms. The van der Waals surface area contributed by atoms with Crippen LogP contribution in [0.2, 0.25) is 10.0 Å². The first-order chi connectivity index (χ1) is 10.9. The molecule has 0 spiro atoms. The van der Waals surface area contributed by atoms with Crippen LogP contribution in [0.15, 0.2) is 34.4 Å². The Balaban J connectivity index is 1.80. The number of benzene rings is 1. The van der Waals surface area contributed by atoms with E-state index in [9.17, 15) is 9.59 Å². The molecule has 3 rings (SSSR count). The molecule has 2 aromatic heterocycles. The molecule has 0 N–H and O–H groups in total. The fourth-order valence-electron chi connectivity index (χ4n) is 2.07. The van der Waals surface area contributed by atoms with Crippen LogP contribution in [0.4, 0.5) is 0 Å².